The second-order valence-corrected chi connectivity index (χ2v) is 20.1. The number of unbranched alkanes of at least 4 members (excludes halogenated alkanes) is 45. The van der Waals surface area contributed by atoms with Gasteiger partial charge in [-0.3, -0.25) is 9.59 Å². The number of hydrogen-bond donors (Lipinski definition) is 1. The highest BCUT2D eigenvalue weighted by molar-refractivity contribution is 5.70. The number of allylic oxidation sites excluding steroid dienone is 2. The van der Waals surface area contributed by atoms with Gasteiger partial charge in [0.15, 0.2) is 6.10 Å². The van der Waals surface area contributed by atoms with Gasteiger partial charge in [0.2, 0.25) is 0 Å². The number of rotatable bonds is 55. The summed E-state index contributed by atoms with van der Waals surface area (Å²) in [6.45, 7) is 4.20. The molecule has 5 heteroatoms. The van der Waals surface area contributed by atoms with E-state index in [9.17, 15) is 14.7 Å². The molecule has 0 aliphatic carbocycles. The molecule has 0 aromatic rings. The van der Waals surface area contributed by atoms with Gasteiger partial charge in [-0.05, 0) is 38.5 Å². The van der Waals surface area contributed by atoms with Crippen molar-refractivity contribution in [2.75, 3.05) is 13.2 Å². The second-order valence-electron chi connectivity index (χ2n) is 20.1. The maximum Gasteiger partial charge on any atom is 0.306 e. The third-order valence-electron chi connectivity index (χ3n) is 13.6. The normalized spacial score (nSPS) is 12.1. The lowest BCUT2D eigenvalue weighted by atomic mass is 10.0. The Hall–Kier alpha value is -1.36. The Morgan fingerprint density at radius 3 is 0.844 bits per heavy atom. The van der Waals surface area contributed by atoms with Crippen molar-refractivity contribution >= 4 is 11.9 Å². The number of esters is 2. The molecule has 1 N–H and O–H groups in total. The van der Waals surface area contributed by atoms with E-state index in [2.05, 4.69) is 26.0 Å². The number of aliphatic hydroxyl groups is 1. The molecular weight excluding hydrogens is 789 g/mol. The lowest BCUT2D eigenvalue weighted by Gasteiger charge is -2.15. The SMILES string of the molecule is CCCCCCCCCC/C=C\CCCCCCCCCCCCCC(=O)OC(CO)COC(=O)CCCCCCCCCCCCCCCCCCCCCCCCCCCCC. The predicted octanol–water partition coefficient (Wildman–Crippen LogP) is 19.5. The molecular formula is C59H114O5. The largest absolute Gasteiger partial charge is 0.462 e. The van der Waals surface area contributed by atoms with Gasteiger partial charge < -0.3 is 14.6 Å². The van der Waals surface area contributed by atoms with Crippen LogP contribution in [0.5, 0.6) is 0 Å². The summed E-state index contributed by atoms with van der Waals surface area (Å²) < 4.78 is 10.7. The van der Waals surface area contributed by atoms with Crippen molar-refractivity contribution in [2.24, 2.45) is 0 Å². The summed E-state index contributed by atoms with van der Waals surface area (Å²) in [5.74, 6) is -0.569. The van der Waals surface area contributed by atoms with Gasteiger partial charge in [-0.1, -0.05) is 296 Å². The highest BCUT2D eigenvalue weighted by Crippen LogP contribution is 2.18. The fourth-order valence-corrected chi connectivity index (χ4v) is 9.14. The molecule has 0 heterocycles. The van der Waals surface area contributed by atoms with Crippen molar-refractivity contribution in [2.45, 2.75) is 341 Å². The van der Waals surface area contributed by atoms with Gasteiger partial charge in [0.05, 0.1) is 6.61 Å². The minimum atomic E-state index is -0.767. The molecule has 64 heavy (non-hydrogen) atoms. The fraction of sp³-hybridized carbons (Fsp3) is 0.932. The highest BCUT2D eigenvalue weighted by Gasteiger charge is 2.16. The summed E-state index contributed by atoms with van der Waals surface area (Å²) in [5, 5.41) is 9.66. The van der Waals surface area contributed by atoms with Crippen molar-refractivity contribution in [3.05, 3.63) is 12.2 Å². The van der Waals surface area contributed by atoms with Crippen LogP contribution in [0, 0.1) is 0 Å². The molecule has 0 spiro atoms. The minimum absolute atomic E-state index is 0.0585. The Morgan fingerprint density at radius 2 is 0.578 bits per heavy atom. The summed E-state index contributed by atoms with van der Waals surface area (Å²) in [6.07, 6.45) is 69.1. The predicted molar refractivity (Wildman–Crippen MR) is 279 cm³/mol. The van der Waals surface area contributed by atoms with Crippen LogP contribution in [-0.4, -0.2) is 36.4 Å². The van der Waals surface area contributed by atoms with Crippen LogP contribution in [0.2, 0.25) is 0 Å². The van der Waals surface area contributed by atoms with Gasteiger partial charge in [0.1, 0.15) is 6.61 Å². The van der Waals surface area contributed by atoms with Gasteiger partial charge in [0, 0.05) is 12.8 Å². The standard InChI is InChI=1S/C59H114O5/c1-3-5-7-9-11-13-15-17-19-21-23-25-27-28-29-30-32-33-35-37-39-41-43-45-47-49-51-53-58(61)63-56-57(55-60)64-59(62)54-52-50-48-46-44-42-40-38-36-34-31-26-24-22-20-18-16-14-12-10-8-6-4-2/h22,24,57,60H,3-21,23,25-56H2,1-2H3/b24-22-. The van der Waals surface area contributed by atoms with E-state index in [-0.39, 0.29) is 25.2 Å². The van der Waals surface area contributed by atoms with E-state index in [0.717, 1.165) is 32.1 Å². The van der Waals surface area contributed by atoms with E-state index in [1.807, 2.05) is 0 Å². The first kappa shape index (κ1) is 62.6. The molecule has 0 saturated heterocycles. The van der Waals surface area contributed by atoms with Gasteiger partial charge >= 0.3 is 11.9 Å². The molecule has 0 saturated carbocycles. The van der Waals surface area contributed by atoms with Crippen LogP contribution in [0.3, 0.4) is 0 Å². The van der Waals surface area contributed by atoms with Crippen molar-refractivity contribution in [3.8, 4) is 0 Å². The molecule has 5 nitrogen and oxygen atoms in total. The molecule has 380 valence electrons. The van der Waals surface area contributed by atoms with Crippen molar-refractivity contribution in [1.29, 1.82) is 0 Å². The zero-order chi connectivity index (χ0) is 46.3. The first-order valence-corrected chi connectivity index (χ1v) is 29.2. The first-order valence-electron chi connectivity index (χ1n) is 29.2. The molecule has 1 unspecified atom stereocenters. The fourth-order valence-electron chi connectivity index (χ4n) is 9.14. The molecule has 0 aromatic carbocycles. The lowest BCUT2D eigenvalue weighted by Crippen LogP contribution is -2.28. The van der Waals surface area contributed by atoms with Crippen LogP contribution in [-0.2, 0) is 19.1 Å². The van der Waals surface area contributed by atoms with Gasteiger partial charge in [-0.2, -0.15) is 0 Å². The van der Waals surface area contributed by atoms with Crippen LogP contribution in [0.1, 0.15) is 335 Å². The maximum absolute atomic E-state index is 12.3. The molecule has 1 atom stereocenters. The van der Waals surface area contributed by atoms with Gasteiger partial charge in [-0.25, -0.2) is 0 Å². The Bertz CT molecular complexity index is 932. The lowest BCUT2D eigenvalue weighted by molar-refractivity contribution is -0.161. The molecule has 0 aliphatic rings. The Labute approximate surface area is 401 Å². The van der Waals surface area contributed by atoms with E-state index >= 15 is 0 Å². The first-order chi connectivity index (χ1) is 31.6. The summed E-state index contributed by atoms with van der Waals surface area (Å²) in [4.78, 5) is 24.5. The van der Waals surface area contributed by atoms with Crippen LogP contribution in [0.4, 0.5) is 0 Å². The average Bonchev–Trinajstić information content (AvgIpc) is 3.30. The topological polar surface area (TPSA) is 72.8 Å². The minimum Gasteiger partial charge on any atom is -0.462 e. The molecule has 0 amide bonds. The Balaban J connectivity index is 3.41. The Morgan fingerprint density at radius 1 is 0.344 bits per heavy atom. The number of aliphatic hydroxyl groups excluding tert-OH is 1. The number of ether oxygens (including phenoxy) is 2. The van der Waals surface area contributed by atoms with E-state index < -0.39 is 6.10 Å². The zero-order valence-electron chi connectivity index (χ0n) is 43.6. The average molecular weight is 904 g/mol. The number of carbonyl (C=O) groups excluding carboxylic acids is 2. The monoisotopic (exact) mass is 903 g/mol. The summed E-state index contributed by atoms with van der Waals surface area (Å²) >= 11 is 0. The van der Waals surface area contributed by atoms with Crippen molar-refractivity contribution < 1.29 is 24.2 Å². The molecule has 0 aliphatic heterocycles. The van der Waals surface area contributed by atoms with E-state index in [1.165, 1.54) is 276 Å². The van der Waals surface area contributed by atoms with E-state index in [4.69, 9.17) is 9.47 Å². The van der Waals surface area contributed by atoms with Crippen molar-refractivity contribution in [3.63, 3.8) is 0 Å². The van der Waals surface area contributed by atoms with Gasteiger partial charge in [-0.15, -0.1) is 0 Å². The van der Waals surface area contributed by atoms with Crippen LogP contribution in [0.25, 0.3) is 0 Å². The quantitative estimate of drug-likeness (QED) is 0.0374. The molecule has 0 rings (SSSR count). The second kappa shape index (κ2) is 56.0. The molecule has 0 bridgehead atoms. The maximum atomic E-state index is 12.3. The Kier molecular flexibility index (Phi) is 54.8. The van der Waals surface area contributed by atoms with Crippen LogP contribution in [0.15, 0.2) is 12.2 Å². The van der Waals surface area contributed by atoms with Crippen molar-refractivity contribution in [1.82, 2.24) is 0 Å². The third kappa shape index (κ3) is 53.3. The van der Waals surface area contributed by atoms with Crippen LogP contribution >= 0.6 is 0 Å². The smallest absolute Gasteiger partial charge is 0.306 e. The number of carbonyl (C=O) groups is 2. The van der Waals surface area contributed by atoms with E-state index in [0.29, 0.717) is 12.8 Å². The summed E-state index contributed by atoms with van der Waals surface area (Å²) in [7, 11) is 0. The molecule has 0 fully saturated rings. The summed E-state index contributed by atoms with van der Waals surface area (Å²) in [6, 6.07) is 0. The zero-order valence-corrected chi connectivity index (χ0v) is 43.6. The van der Waals surface area contributed by atoms with E-state index in [1.54, 1.807) is 0 Å². The summed E-state index contributed by atoms with van der Waals surface area (Å²) in [5.41, 5.74) is 0. The van der Waals surface area contributed by atoms with Gasteiger partial charge in [0.25, 0.3) is 0 Å². The third-order valence-corrected chi connectivity index (χ3v) is 13.6. The van der Waals surface area contributed by atoms with Crippen LogP contribution < -0.4 is 0 Å². The highest BCUT2D eigenvalue weighted by atomic mass is 16.6. The molecule has 0 aromatic heterocycles. The molecule has 0 radical (unpaired) electrons. The number of hydrogen-bond acceptors (Lipinski definition) is 5.